The van der Waals surface area contributed by atoms with Gasteiger partial charge >= 0.3 is 0 Å². The molecule has 0 bridgehead atoms. The molecule has 1 aliphatic heterocycles. The number of nitrogens with two attached hydrogens (primary N) is 1. The SMILES string of the molecule is Nc1ccc(I)cc1[C@@H]1CCCN1. The fraction of sp³-hybridized carbons (Fsp3) is 0.400. The van der Waals surface area contributed by atoms with Crippen LogP contribution in [0.2, 0.25) is 0 Å². The van der Waals surface area contributed by atoms with Crippen molar-refractivity contribution in [2.24, 2.45) is 0 Å². The lowest BCUT2D eigenvalue weighted by molar-refractivity contribution is 0.649. The molecule has 1 saturated heterocycles. The summed E-state index contributed by atoms with van der Waals surface area (Å²) in [5.74, 6) is 0. The van der Waals surface area contributed by atoms with E-state index in [1.807, 2.05) is 12.1 Å². The zero-order valence-corrected chi connectivity index (χ0v) is 9.54. The zero-order valence-electron chi connectivity index (χ0n) is 7.39. The molecule has 3 N–H and O–H groups in total. The maximum Gasteiger partial charge on any atom is 0.0363 e. The highest BCUT2D eigenvalue weighted by Crippen LogP contribution is 2.28. The normalized spacial score (nSPS) is 22.1. The quantitative estimate of drug-likeness (QED) is 0.614. The number of nitrogen functional groups attached to an aromatic ring is 1. The lowest BCUT2D eigenvalue weighted by atomic mass is 10.0. The molecule has 0 spiro atoms. The highest BCUT2D eigenvalue weighted by Gasteiger charge is 2.18. The largest absolute Gasteiger partial charge is 0.398 e. The van der Waals surface area contributed by atoms with E-state index in [9.17, 15) is 0 Å². The van der Waals surface area contributed by atoms with E-state index in [-0.39, 0.29) is 0 Å². The number of rotatable bonds is 1. The van der Waals surface area contributed by atoms with Gasteiger partial charge in [0.15, 0.2) is 0 Å². The molecule has 0 aromatic heterocycles. The Labute approximate surface area is 92.0 Å². The molecule has 1 aromatic carbocycles. The topological polar surface area (TPSA) is 38.0 Å². The van der Waals surface area contributed by atoms with E-state index < -0.39 is 0 Å². The zero-order chi connectivity index (χ0) is 9.26. The molecule has 13 heavy (non-hydrogen) atoms. The molecule has 2 nitrogen and oxygen atoms in total. The van der Waals surface area contributed by atoms with Gasteiger partial charge < -0.3 is 11.1 Å². The predicted molar refractivity (Wildman–Crippen MR) is 63.5 cm³/mol. The minimum absolute atomic E-state index is 0.481. The van der Waals surface area contributed by atoms with Crippen molar-refractivity contribution in [3.8, 4) is 0 Å². The molecule has 2 rings (SSSR count). The van der Waals surface area contributed by atoms with Gasteiger partial charge in [-0.2, -0.15) is 0 Å². The molecule has 1 aromatic rings. The van der Waals surface area contributed by atoms with Crippen molar-refractivity contribution in [2.75, 3.05) is 12.3 Å². The fourth-order valence-corrected chi connectivity index (χ4v) is 2.31. The third-order valence-corrected chi connectivity index (χ3v) is 3.16. The van der Waals surface area contributed by atoms with Gasteiger partial charge in [-0.15, -0.1) is 0 Å². The van der Waals surface area contributed by atoms with Gasteiger partial charge in [-0.25, -0.2) is 0 Å². The minimum Gasteiger partial charge on any atom is -0.398 e. The summed E-state index contributed by atoms with van der Waals surface area (Å²) in [7, 11) is 0. The van der Waals surface area contributed by atoms with Gasteiger partial charge in [0.05, 0.1) is 0 Å². The molecule has 1 fully saturated rings. The van der Waals surface area contributed by atoms with Crippen molar-refractivity contribution in [1.82, 2.24) is 5.32 Å². The summed E-state index contributed by atoms with van der Waals surface area (Å²) in [6.07, 6.45) is 2.47. The average Bonchev–Trinajstić information content (AvgIpc) is 2.61. The van der Waals surface area contributed by atoms with E-state index in [0.717, 1.165) is 12.2 Å². The van der Waals surface area contributed by atoms with Crippen LogP contribution in [-0.2, 0) is 0 Å². The summed E-state index contributed by atoms with van der Waals surface area (Å²) in [6.45, 7) is 1.12. The van der Waals surface area contributed by atoms with Crippen LogP contribution in [-0.4, -0.2) is 6.54 Å². The molecule has 1 heterocycles. The Balaban J connectivity index is 2.32. The van der Waals surface area contributed by atoms with Crippen LogP contribution in [0.25, 0.3) is 0 Å². The van der Waals surface area contributed by atoms with Crippen molar-refractivity contribution < 1.29 is 0 Å². The van der Waals surface area contributed by atoms with Crippen LogP contribution in [0, 0.1) is 3.57 Å². The van der Waals surface area contributed by atoms with Crippen molar-refractivity contribution in [2.45, 2.75) is 18.9 Å². The number of nitrogens with one attached hydrogen (secondary N) is 1. The van der Waals surface area contributed by atoms with Crippen LogP contribution in [0.3, 0.4) is 0 Å². The Kier molecular flexibility index (Phi) is 2.74. The van der Waals surface area contributed by atoms with E-state index in [4.69, 9.17) is 5.73 Å². The first kappa shape index (κ1) is 9.27. The predicted octanol–water partition coefficient (Wildman–Crippen LogP) is 2.30. The van der Waals surface area contributed by atoms with Crippen LogP contribution in [0.4, 0.5) is 5.69 Å². The number of anilines is 1. The first-order valence-corrected chi connectivity index (χ1v) is 5.63. The van der Waals surface area contributed by atoms with Crippen LogP contribution >= 0.6 is 22.6 Å². The molecule has 0 unspecified atom stereocenters. The van der Waals surface area contributed by atoms with Crippen molar-refractivity contribution in [3.05, 3.63) is 27.3 Å². The Hall–Kier alpha value is -0.290. The van der Waals surface area contributed by atoms with Crippen LogP contribution < -0.4 is 11.1 Å². The van der Waals surface area contributed by atoms with Crippen molar-refractivity contribution in [1.29, 1.82) is 0 Å². The lowest BCUT2D eigenvalue weighted by Crippen LogP contribution is -2.14. The Morgan fingerprint density at radius 2 is 2.31 bits per heavy atom. The average molecular weight is 288 g/mol. The van der Waals surface area contributed by atoms with Crippen LogP contribution in [0.1, 0.15) is 24.4 Å². The highest BCUT2D eigenvalue weighted by molar-refractivity contribution is 14.1. The third kappa shape index (κ3) is 1.96. The maximum atomic E-state index is 5.93. The van der Waals surface area contributed by atoms with E-state index in [1.165, 1.54) is 22.0 Å². The minimum atomic E-state index is 0.481. The Morgan fingerprint density at radius 1 is 1.46 bits per heavy atom. The monoisotopic (exact) mass is 288 g/mol. The third-order valence-electron chi connectivity index (χ3n) is 2.48. The van der Waals surface area contributed by atoms with E-state index >= 15 is 0 Å². The molecule has 1 atom stereocenters. The Morgan fingerprint density at radius 3 is 3.00 bits per heavy atom. The van der Waals surface area contributed by atoms with Crippen LogP contribution in [0.15, 0.2) is 18.2 Å². The fourth-order valence-electron chi connectivity index (χ4n) is 1.80. The first-order chi connectivity index (χ1) is 6.27. The van der Waals surface area contributed by atoms with E-state index in [1.54, 1.807) is 0 Å². The standard InChI is InChI=1S/C10H13IN2/c11-7-3-4-9(12)8(6-7)10-2-1-5-13-10/h3-4,6,10,13H,1-2,5,12H2/t10-/m0/s1. The first-order valence-electron chi connectivity index (χ1n) is 4.55. The molecule has 3 heteroatoms. The second kappa shape index (κ2) is 3.84. The molecule has 0 saturated carbocycles. The second-order valence-electron chi connectivity index (χ2n) is 3.42. The maximum absolute atomic E-state index is 5.93. The summed E-state index contributed by atoms with van der Waals surface area (Å²) < 4.78 is 1.26. The molecule has 0 amide bonds. The van der Waals surface area contributed by atoms with Crippen molar-refractivity contribution in [3.63, 3.8) is 0 Å². The summed E-state index contributed by atoms with van der Waals surface area (Å²) in [6, 6.07) is 6.71. The summed E-state index contributed by atoms with van der Waals surface area (Å²) in [5, 5.41) is 3.46. The van der Waals surface area contributed by atoms with Crippen molar-refractivity contribution >= 4 is 28.3 Å². The van der Waals surface area contributed by atoms with Gasteiger partial charge in [0, 0.05) is 15.3 Å². The van der Waals surface area contributed by atoms with Crippen LogP contribution in [0.5, 0.6) is 0 Å². The van der Waals surface area contributed by atoms with Gasteiger partial charge in [-0.3, -0.25) is 0 Å². The van der Waals surface area contributed by atoms with Gasteiger partial charge in [0.2, 0.25) is 0 Å². The number of hydrogen-bond donors (Lipinski definition) is 2. The summed E-state index contributed by atoms with van der Waals surface area (Å²) >= 11 is 2.33. The second-order valence-corrected chi connectivity index (χ2v) is 4.67. The van der Waals surface area contributed by atoms with Gasteiger partial charge in [0.25, 0.3) is 0 Å². The number of hydrogen-bond acceptors (Lipinski definition) is 2. The van der Waals surface area contributed by atoms with Gasteiger partial charge in [-0.05, 0) is 65.7 Å². The molecule has 70 valence electrons. The van der Waals surface area contributed by atoms with E-state index in [2.05, 4.69) is 34.0 Å². The summed E-state index contributed by atoms with van der Waals surface area (Å²) in [4.78, 5) is 0. The molecule has 0 radical (unpaired) electrons. The Bertz CT molecular complexity index is 306. The van der Waals surface area contributed by atoms with Gasteiger partial charge in [0.1, 0.15) is 0 Å². The number of benzene rings is 1. The number of halogens is 1. The highest BCUT2D eigenvalue weighted by atomic mass is 127. The molecular formula is C10H13IN2. The van der Waals surface area contributed by atoms with E-state index in [0.29, 0.717) is 6.04 Å². The molecule has 0 aliphatic carbocycles. The van der Waals surface area contributed by atoms with Gasteiger partial charge in [-0.1, -0.05) is 0 Å². The molecular weight excluding hydrogens is 275 g/mol. The smallest absolute Gasteiger partial charge is 0.0363 e. The molecule has 1 aliphatic rings. The summed E-state index contributed by atoms with van der Waals surface area (Å²) in [5.41, 5.74) is 8.11. The lowest BCUT2D eigenvalue weighted by Gasteiger charge is -2.13.